The summed E-state index contributed by atoms with van der Waals surface area (Å²) < 4.78 is 5.21. The highest BCUT2D eigenvalue weighted by Crippen LogP contribution is 2.13. The molecule has 1 aromatic rings. The topological polar surface area (TPSA) is 88.5 Å². The molecular weight excluding hydrogens is 220 g/mol. The van der Waals surface area contributed by atoms with Crippen molar-refractivity contribution < 1.29 is 14.3 Å². The molecule has 0 saturated heterocycles. The van der Waals surface area contributed by atoms with Gasteiger partial charge in [-0.05, 0) is 25.0 Å². The first-order chi connectivity index (χ1) is 8.04. The van der Waals surface area contributed by atoms with Crippen LogP contribution < -0.4 is 11.1 Å². The number of rotatable bonds is 6. The minimum atomic E-state index is -0.848. The van der Waals surface area contributed by atoms with Crippen molar-refractivity contribution in [2.45, 2.75) is 38.8 Å². The summed E-state index contributed by atoms with van der Waals surface area (Å²) >= 11 is 0. The van der Waals surface area contributed by atoms with Crippen molar-refractivity contribution >= 4 is 5.91 Å². The number of hydrogen-bond donors (Lipinski definition) is 3. The lowest BCUT2D eigenvalue weighted by atomic mass is 9.97. The monoisotopic (exact) mass is 240 g/mol. The SMILES string of the molecule is CCC(O)(CC)CNC(=O)c1ccc(CN)o1. The van der Waals surface area contributed by atoms with Crippen molar-refractivity contribution in [3.8, 4) is 0 Å². The number of carbonyl (C=O) groups excluding carboxylic acids is 1. The molecule has 0 radical (unpaired) electrons. The Morgan fingerprint density at radius 1 is 1.47 bits per heavy atom. The standard InChI is InChI=1S/C12H20N2O3/c1-3-12(16,4-2)8-14-11(15)10-6-5-9(7-13)17-10/h5-6,16H,3-4,7-8,13H2,1-2H3,(H,14,15). The molecule has 0 atom stereocenters. The Balaban J connectivity index is 2.55. The first-order valence-electron chi connectivity index (χ1n) is 5.84. The molecule has 0 spiro atoms. The average molecular weight is 240 g/mol. The van der Waals surface area contributed by atoms with Crippen molar-refractivity contribution in [2.24, 2.45) is 5.73 Å². The van der Waals surface area contributed by atoms with Crippen LogP contribution >= 0.6 is 0 Å². The van der Waals surface area contributed by atoms with Crippen molar-refractivity contribution in [1.82, 2.24) is 5.32 Å². The summed E-state index contributed by atoms with van der Waals surface area (Å²) in [6.45, 7) is 4.25. The molecule has 17 heavy (non-hydrogen) atoms. The first kappa shape index (κ1) is 13.7. The smallest absolute Gasteiger partial charge is 0.287 e. The quantitative estimate of drug-likeness (QED) is 0.692. The van der Waals surface area contributed by atoms with Crippen molar-refractivity contribution in [3.05, 3.63) is 23.7 Å². The summed E-state index contributed by atoms with van der Waals surface area (Å²) in [5, 5.41) is 12.7. The van der Waals surface area contributed by atoms with Crippen LogP contribution in [0.2, 0.25) is 0 Å². The molecule has 4 N–H and O–H groups in total. The zero-order valence-electron chi connectivity index (χ0n) is 10.3. The molecule has 0 unspecified atom stereocenters. The lowest BCUT2D eigenvalue weighted by Crippen LogP contribution is -2.41. The second kappa shape index (κ2) is 5.84. The minimum absolute atomic E-state index is 0.220. The van der Waals surface area contributed by atoms with E-state index < -0.39 is 5.60 Å². The fourth-order valence-corrected chi connectivity index (χ4v) is 1.44. The molecule has 0 aromatic carbocycles. The highest BCUT2D eigenvalue weighted by Gasteiger charge is 2.23. The molecule has 5 nitrogen and oxygen atoms in total. The molecule has 96 valence electrons. The molecule has 1 aromatic heterocycles. The van der Waals surface area contributed by atoms with E-state index in [1.54, 1.807) is 12.1 Å². The zero-order valence-corrected chi connectivity index (χ0v) is 10.3. The van der Waals surface area contributed by atoms with E-state index in [0.29, 0.717) is 18.6 Å². The first-order valence-corrected chi connectivity index (χ1v) is 5.84. The van der Waals surface area contributed by atoms with Crippen molar-refractivity contribution in [3.63, 3.8) is 0 Å². The van der Waals surface area contributed by atoms with Crippen LogP contribution in [0.15, 0.2) is 16.5 Å². The number of carbonyl (C=O) groups is 1. The van der Waals surface area contributed by atoms with Crippen LogP contribution in [-0.4, -0.2) is 23.2 Å². The number of nitrogens with two attached hydrogens (primary N) is 1. The summed E-state index contributed by atoms with van der Waals surface area (Å²) in [6, 6.07) is 3.25. The van der Waals surface area contributed by atoms with Gasteiger partial charge >= 0.3 is 0 Å². The number of furan rings is 1. The number of nitrogens with one attached hydrogen (secondary N) is 1. The third-order valence-electron chi connectivity index (χ3n) is 2.98. The van der Waals surface area contributed by atoms with Gasteiger partial charge in [-0.1, -0.05) is 13.8 Å². The van der Waals surface area contributed by atoms with Crippen LogP contribution in [0.3, 0.4) is 0 Å². The summed E-state index contributed by atoms with van der Waals surface area (Å²) in [5.74, 6) is 0.460. The van der Waals surface area contributed by atoms with Gasteiger partial charge in [-0.3, -0.25) is 4.79 Å². The largest absolute Gasteiger partial charge is 0.455 e. The molecule has 0 aliphatic carbocycles. The molecule has 1 heterocycles. The van der Waals surface area contributed by atoms with Gasteiger partial charge in [0.05, 0.1) is 12.1 Å². The summed E-state index contributed by atoms with van der Waals surface area (Å²) in [7, 11) is 0. The Morgan fingerprint density at radius 3 is 2.59 bits per heavy atom. The van der Waals surface area contributed by atoms with Gasteiger partial charge in [-0.2, -0.15) is 0 Å². The van der Waals surface area contributed by atoms with E-state index in [0.717, 1.165) is 0 Å². The number of aliphatic hydroxyl groups is 1. The summed E-state index contributed by atoms with van der Waals surface area (Å²) in [4.78, 5) is 11.7. The Morgan fingerprint density at radius 2 is 2.12 bits per heavy atom. The predicted octanol–water partition coefficient (Wildman–Crippen LogP) is 1.02. The highest BCUT2D eigenvalue weighted by atomic mass is 16.4. The number of hydrogen-bond acceptors (Lipinski definition) is 4. The molecule has 0 bridgehead atoms. The molecule has 0 aliphatic heterocycles. The van der Waals surface area contributed by atoms with Gasteiger partial charge < -0.3 is 20.6 Å². The van der Waals surface area contributed by atoms with Gasteiger partial charge in [0, 0.05) is 6.54 Å². The third kappa shape index (κ3) is 3.57. The van der Waals surface area contributed by atoms with Gasteiger partial charge in [0.2, 0.25) is 0 Å². The Kier molecular flexibility index (Phi) is 4.72. The highest BCUT2D eigenvalue weighted by molar-refractivity contribution is 5.91. The average Bonchev–Trinajstić information content (AvgIpc) is 2.84. The van der Waals surface area contributed by atoms with E-state index in [-0.39, 0.29) is 24.8 Å². The minimum Gasteiger partial charge on any atom is -0.455 e. The molecule has 5 heteroatoms. The summed E-state index contributed by atoms with van der Waals surface area (Å²) in [6.07, 6.45) is 1.19. The van der Waals surface area contributed by atoms with E-state index in [4.69, 9.17) is 10.2 Å². The second-order valence-electron chi connectivity index (χ2n) is 4.08. The maximum Gasteiger partial charge on any atom is 0.287 e. The summed E-state index contributed by atoms with van der Waals surface area (Å²) in [5.41, 5.74) is 4.54. The Hall–Kier alpha value is -1.33. The molecule has 0 saturated carbocycles. The van der Waals surface area contributed by atoms with Gasteiger partial charge in [-0.15, -0.1) is 0 Å². The van der Waals surface area contributed by atoms with E-state index >= 15 is 0 Å². The Labute approximate surface area is 101 Å². The third-order valence-corrected chi connectivity index (χ3v) is 2.98. The maximum absolute atomic E-state index is 11.7. The molecule has 1 amide bonds. The van der Waals surface area contributed by atoms with Crippen LogP contribution in [0.5, 0.6) is 0 Å². The van der Waals surface area contributed by atoms with E-state index in [9.17, 15) is 9.90 Å². The molecular formula is C12H20N2O3. The Bertz CT molecular complexity index is 370. The van der Waals surface area contributed by atoms with Gasteiger partial charge in [0.1, 0.15) is 5.76 Å². The van der Waals surface area contributed by atoms with E-state index in [1.165, 1.54) is 0 Å². The van der Waals surface area contributed by atoms with Crippen LogP contribution in [0, 0.1) is 0 Å². The van der Waals surface area contributed by atoms with Crippen LogP contribution in [-0.2, 0) is 6.54 Å². The van der Waals surface area contributed by atoms with Crippen molar-refractivity contribution in [2.75, 3.05) is 6.54 Å². The van der Waals surface area contributed by atoms with Crippen LogP contribution in [0.4, 0.5) is 0 Å². The maximum atomic E-state index is 11.7. The zero-order chi connectivity index (χ0) is 12.9. The van der Waals surface area contributed by atoms with Gasteiger partial charge in [0.15, 0.2) is 5.76 Å². The molecule has 1 rings (SSSR count). The number of amides is 1. The lowest BCUT2D eigenvalue weighted by Gasteiger charge is -2.24. The van der Waals surface area contributed by atoms with Gasteiger partial charge in [0.25, 0.3) is 5.91 Å². The normalized spacial score (nSPS) is 11.5. The predicted molar refractivity (Wildman–Crippen MR) is 64.5 cm³/mol. The fraction of sp³-hybridized carbons (Fsp3) is 0.583. The van der Waals surface area contributed by atoms with E-state index in [2.05, 4.69) is 5.32 Å². The molecule has 0 aliphatic rings. The van der Waals surface area contributed by atoms with Crippen LogP contribution in [0.1, 0.15) is 43.0 Å². The van der Waals surface area contributed by atoms with Crippen LogP contribution in [0.25, 0.3) is 0 Å². The van der Waals surface area contributed by atoms with Crippen molar-refractivity contribution in [1.29, 1.82) is 0 Å². The fourth-order valence-electron chi connectivity index (χ4n) is 1.44. The van der Waals surface area contributed by atoms with Gasteiger partial charge in [-0.25, -0.2) is 0 Å². The lowest BCUT2D eigenvalue weighted by molar-refractivity contribution is 0.0309. The molecule has 0 fully saturated rings. The van der Waals surface area contributed by atoms with E-state index in [1.807, 2.05) is 13.8 Å². The second-order valence-corrected chi connectivity index (χ2v) is 4.08.